The lowest BCUT2D eigenvalue weighted by atomic mass is 9.97. The number of hydrogen-bond acceptors (Lipinski definition) is 6. The number of hydrogen-bond donors (Lipinski definition) is 1. The first kappa shape index (κ1) is 15.9. The van der Waals surface area contributed by atoms with Crippen LogP contribution in [0, 0.1) is 12.7 Å². The summed E-state index contributed by atoms with van der Waals surface area (Å²) in [5, 5.41) is 3.26. The fraction of sp³-hybridized carbons (Fsp3) is 0.529. The molecule has 2 aromatic rings. The van der Waals surface area contributed by atoms with Gasteiger partial charge in [0.2, 0.25) is 5.95 Å². The molecular formula is C17H21FN4OS. The van der Waals surface area contributed by atoms with Crippen LogP contribution >= 0.6 is 11.3 Å². The van der Waals surface area contributed by atoms with E-state index in [2.05, 4.69) is 39.2 Å². The Balaban J connectivity index is 1.33. The van der Waals surface area contributed by atoms with E-state index in [0.717, 1.165) is 32.5 Å². The predicted octanol–water partition coefficient (Wildman–Crippen LogP) is 2.83. The summed E-state index contributed by atoms with van der Waals surface area (Å²) in [6.45, 7) is 5.83. The molecule has 0 aromatic carbocycles. The minimum atomic E-state index is -0.421. The van der Waals surface area contributed by atoms with E-state index in [9.17, 15) is 4.39 Å². The van der Waals surface area contributed by atoms with Crippen LogP contribution in [0.5, 0.6) is 0 Å². The molecule has 128 valence electrons. The Morgan fingerprint density at radius 3 is 3.00 bits per heavy atom. The van der Waals surface area contributed by atoms with E-state index in [1.54, 1.807) is 0 Å². The zero-order valence-electron chi connectivity index (χ0n) is 13.7. The quantitative estimate of drug-likeness (QED) is 0.921. The normalized spacial score (nSPS) is 27.2. The Bertz CT molecular complexity index is 707. The lowest BCUT2D eigenvalue weighted by molar-refractivity contribution is 0.0120. The molecule has 5 nitrogen and oxygen atoms in total. The zero-order valence-corrected chi connectivity index (χ0v) is 14.5. The molecule has 4 rings (SSSR count). The van der Waals surface area contributed by atoms with Gasteiger partial charge in [-0.15, -0.1) is 11.3 Å². The van der Waals surface area contributed by atoms with Gasteiger partial charge in [0.15, 0.2) is 5.82 Å². The van der Waals surface area contributed by atoms with E-state index in [1.807, 2.05) is 11.3 Å². The second-order valence-electron chi connectivity index (χ2n) is 6.74. The van der Waals surface area contributed by atoms with Gasteiger partial charge in [0.25, 0.3) is 0 Å². The molecule has 0 bridgehead atoms. The van der Waals surface area contributed by atoms with Crippen molar-refractivity contribution >= 4 is 17.3 Å². The van der Waals surface area contributed by atoms with Crippen molar-refractivity contribution in [3.63, 3.8) is 0 Å². The molecule has 24 heavy (non-hydrogen) atoms. The minimum absolute atomic E-state index is 0.0655. The van der Waals surface area contributed by atoms with Crippen LogP contribution in [0.25, 0.3) is 0 Å². The second-order valence-corrected chi connectivity index (χ2v) is 8.11. The van der Waals surface area contributed by atoms with Gasteiger partial charge in [-0.2, -0.15) is 0 Å². The molecule has 4 heterocycles. The molecule has 0 unspecified atom stereocenters. The highest BCUT2D eigenvalue weighted by Crippen LogP contribution is 2.36. The summed E-state index contributed by atoms with van der Waals surface area (Å²) in [5.41, 5.74) is -0.0655. The lowest BCUT2D eigenvalue weighted by Crippen LogP contribution is -2.33. The molecule has 1 spiro atoms. The monoisotopic (exact) mass is 348 g/mol. The molecular weight excluding hydrogens is 327 g/mol. The van der Waals surface area contributed by atoms with Crippen LogP contribution in [-0.2, 0) is 11.3 Å². The third-order valence-electron chi connectivity index (χ3n) is 4.73. The summed E-state index contributed by atoms with van der Waals surface area (Å²) in [7, 11) is 0. The number of aryl methyl sites for hydroxylation is 1. The molecule has 0 aliphatic carbocycles. The SMILES string of the molecule is Cc1ccc(CN2CC[C@]3(C[C@@H](Nc4ncc(F)cn4)CO3)C2)s1. The molecule has 2 aliphatic heterocycles. The third-order valence-corrected chi connectivity index (χ3v) is 5.72. The number of thiophene rings is 1. The standard InChI is InChI=1S/C17H21FN4OS/c1-12-2-3-15(24-12)9-22-5-4-17(11-22)6-14(10-23-17)21-16-19-7-13(18)8-20-16/h2-3,7-8,14H,4-6,9-11H2,1H3,(H,19,20,21)/t14-,17+/m1/s1. The topological polar surface area (TPSA) is 50.3 Å². The average Bonchev–Trinajstić information content (AvgIpc) is 3.25. The number of anilines is 1. The van der Waals surface area contributed by atoms with Gasteiger partial charge in [0, 0.05) is 35.8 Å². The van der Waals surface area contributed by atoms with Crippen molar-refractivity contribution in [1.29, 1.82) is 0 Å². The molecule has 2 aromatic heterocycles. The summed E-state index contributed by atoms with van der Waals surface area (Å²) >= 11 is 1.87. The summed E-state index contributed by atoms with van der Waals surface area (Å²) < 4.78 is 19.0. The van der Waals surface area contributed by atoms with E-state index < -0.39 is 5.82 Å². The maximum Gasteiger partial charge on any atom is 0.223 e. The Morgan fingerprint density at radius 1 is 1.42 bits per heavy atom. The van der Waals surface area contributed by atoms with Crippen LogP contribution in [-0.4, -0.2) is 46.2 Å². The van der Waals surface area contributed by atoms with Crippen molar-refractivity contribution < 1.29 is 9.13 Å². The number of halogens is 1. The van der Waals surface area contributed by atoms with E-state index in [1.165, 1.54) is 22.1 Å². The average molecular weight is 348 g/mol. The molecule has 0 saturated carbocycles. The van der Waals surface area contributed by atoms with Crippen LogP contribution in [0.2, 0.25) is 0 Å². The molecule has 2 saturated heterocycles. The number of aromatic nitrogens is 2. The van der Waals surface area contributed by atoms with E-state index >= 15 is 0 Å². The Morgan fingerprint density at radius 2 is 2.25 bits per heavy atom. The number of likely N-dealkylation sites (tertiary alicyclic amines) is 1. The minimum Gasteiger partial charge on any atom is -0.371 e. The van der Waals surface area contributed by atoms with Crippen molar-refractivity contribution in [3.05, 3.63) is 40.1 Å². The van der Waals surface area contributed by atoms with Gasteiger partial charge in [-0.05, 0) is 25.5 Å². The first-order valence-corrected chi connectivity index (χ1v) is 9.08. The first-order chi connectivity index (χ1) is 11.6. The zero-order chi connectivity index (χ0) is 16.6. The second kappa shape index (κ2) is 6.38. The van der Waals surface area contributed by atoms with Crippen LogP contribution in [0.15, 0.2) is 24.5 Å². The fourth-order valence-corrected chi connectivity index (χ4v) is 4.58. The van der Waals surface area contributed by atoms with Gasteiger partial charge in [0.05, 0.1) is 30.6 Å². The van der Waals surface area contributed by atoms with Gasteiger partial charge < -0.3 is 10.1 Å². The molecule has 2 fully saturated rings. The molecule has 2 aliphatic rings. The van der Waals surface area contributed by atoms with Crippen molar-refractivity contribution in [3.8, 4) is 0 Å². The summed E-state index contributed by atoms with van der Waals surface area (Å²) in [4.78, 5) is 13.2. The van der Waals surface area contributed by atoms with Gasteiger partial charge in [-0.3, -0.25) is 4.90 Å². The van der Waals surface area contributed by atoms with Crippen LogP contribution < -0.4 is 5.32 Å². The third kappa shape index (κ3) is 3.43. The molecule has 2 atom stereocenters. The Kier molecular flexibility index (Phi) is 4.24. The maximum absolute atomic E-state index is 12.9. The van der Waals surface area contributed by atoms with Crippen molar-refractivity contribution in [1.82, 2.24) is 14.9 Å². The highest BCUT2D eigenvalue weighted by atomic mass is 32.1. The smallest absolute Gasteiger partial charge is 0.223 e. The fourth-order valence-electron chi connectivity index (χ4n) is 3.64. The van der Waals surface area contributed by atoms with Gasteiger partial charge in [-0.1, -0.05) is 0 Å². The summed E-state index contributed by atoms with van der Waals surface area (Å²) in [6.07, 6.45) is 4.36. The number of nitrogens with one attached hydrogen (secondary N) is 1. The van der Waals surface area contributed by atoms with Crippen LogP contribution in [0.1, 0.15) is 22.6 Å². The van der Waals surface area contributed by atoms with Gasteiger partial charge >= 0.3 is 0 Å². The number of nitrogens with zero attached hydrogens (tertiary/aromatic N) is 3. The number of ether oxygens (including phenoxy) is 1. The molecule has 1 N–H and O–H groups in total. The number of rotatable bonds is 4. The first-order valence-electron chi connectivity index (χ1n) is 8.26. The highest BCUT2D eigenvalue weighted by Gasteiger charge is 2.45. The Labute approximate surface area is 144 Å². The predicted molar refractivity (Wildman–Crippen MR) is 91.7 cm³/mol. The lowest BCUT2D eigenvalue weighted by Gasteiger charge is -2.23. The van der Waals surface area contributed by atoms with Crippen LogP contribution in [0.3, 0.4) is 0 Å². The Hall–Kier alpha value is -1.57. The van der Waals surface area contributed by atoms with E-state index in [-0.39, 0.29) is 11.6 Å². The van der Waals surface area contributed by atoms with Crippen LogP contribution in [0.4, 0.5) is 10.3 Å². The highest BCUT2D eigenvalue weighted by molar-refractivity contribution is 7.11. The summed E-state index contributed by atoms with van der Waals surface area (Å²) in [6, 6.07) is 4.58. The van der Waals surface area contributed by atoms with Crippen molar-refractivity contribution in [2.45, 2.75) is 38.0 Å². The largest absolute Gasteiger partial charge is 0.371 e. The van der Waals surface area contributed by atoms with Gasteiger partial charge in [0.1, 0.15) is 0 Å². The molecule has 0 amide bonds. The summed E-state index contributed by atoms with van der Waals surface area (Å²) in [5.74, 6) is 0.0425. The molecule has 0 radical (unpaired) electrons. The molecule has 7 heteroatoms. The van der Waals surface area contributed by atoms with Crippen molar-refractivity contribution in [2.24, 2.45) is 0 Å². The van der Waals surface area contributed by atoms with Gasteiger partial charge in [-0.25, -0.2) is 14.4 Å². The van der Waals surface area contributed by atoms with E-state index in [0.29, 0.717) is 12.6 Å². The van der Waals surface area contributed by atoms with Crippen molar-refractivity contribution in [2.75, 3.05) is 25.0 Å². The van der Waals surface area contributed by atoms with E-state index in [4.69, 9.17) is 4.74 Å². The maximum atomic E-state index is 12.9.